The largest absolute Gasteiger partial charge is 0.347 e. The van der Waals surface area contributed by atoms with Crippen LogP contribution in [-0.2, 0) is 6.54 Å². The van der Waals surface area contributed by atoms with E-state index in [0.717, 1.165) is 22.0 Å². The zero-order chi connectivity index (χ0) is 14.1. The van der Waals surface area contributed by atoms with Crippen molar-refractivity contribution in [3.63, 3.8) is 0 Å². The van der Waals surface area contributed by atoms with Crippen molar-refractivity contribution in [2.75, 3.05) is 0 Å². The van der Waals surface area contributed by atoms with Crippen molar-refractivity contribution in [1.82, 2.24) is 24.9 Å². The van der Waals surface area contributed by atoms with Gasteiger partial charge in [-0.1, -0.05) is 11.3 Å². The molecule has 7 heteroatoms. The highest BCUT2D eigenvalue weighted by Gasteiger charge is 2.18. The van der Waals surface area contributed by atoms with Gasteiger partial charge in [0, 0.05) is 24.6 Å². The van der Waals surface area contributed by atoms with Gasteiger partial charge in [-0.05, 0) is 31.5 Å². The van der Waals surface area contributed by atoms with Crippen molar-refractivity contribution >= 4 is 22.2 Å². The summed E-state index contributed by atoms with van der Waals surface area (Å²) in [6, 6.07) is 3.75. The monoisotopic (exact) mass is 287 g/mol. The average molecular weight is 287 g/mol. The predicted molar refractivity (Wildman–Crippen MR) is 75.7 cm³/mol. The highest BCUT2D eigenvalue weighted by atomic mass is 32.1. The number of carbonyl (C=O) groups excluding carboxylic acids is 1. The first-order chi connectivity index (χ1) is 9.66. The molecular formula is C13H13N5OS. The molecule has 0 fully saturated rings. The van der Waals surface area contributed by atoms with Gasteiger partial charge in [-0.25, -0.2) is 0 Å². The number of hydrogen-bond acceptors (Lipinski definition) is 5. The zero-order valence-corrected chi connectivity index (χ0v) is 11.9. The molecule has 3 aromatic heterocycles. The average Bonchev–Trinajstić information content (AvgIpc) is 2.99. The Bertz CT molecular complexity index is 762. The van der Waals surface area contributed by atoms with Gasteiger partial charge in [0.05, 0.1) is 0 Å². The smallest absolute Gasteiger partial charge is 0.263 e. The minimum Gasteiger partial charge on any atom is -0.347 e. The van der Waals surface area contributed by atoms with Crippen LogP contribution in [0.5, 0.6) is 0 Å². The fraction of sp³-hybridized carbons (Fsp3) is 0.231. The Morgan fingerprint density at radius 3 is 2.75 bits per heavy atom. The van der Waals surface area contributed by atoms with Crippen LogP contribution in [0.2, 0.25) is 0 Å². The molecule has 0 saturated heterocycles. The molecule has 0 aromatic carbocycles. The van der Waals surface area contributed by atoms with Crippen molar-refractivity contribution < 1.29 is 4.79 Å². The lowest BCUT2D eigenvalue weighted by atomic mass is 10.2. The third-order valence-corrected chi connectivity index (χ3v) is 4.19. The van der Waals surface area contributed by atoms with E-state index in [-0.39, 0.29) is 5.91 Å². The molecule has 1 amide bonds. The molecule has 102 valence electrons. The van der Waals surface area contributed by atoms with Crippen LogP contribution in [-0.4, -0.2) is 25.5 Å². The highest BCUT2D eigenvalue weighted by Crippen LogP contribution is 2.22. The molecule has 0 radical (unpaired) electrons. The van der Waals surface area contributed by atoms with E-state index in [0.29, 0.717) is 11.4 Å². The first-order valence-corrected chi connectivity index (χ1v) is 6.96. The van der Waals surface area contributed by atoms with E-state index in [1.807, 2.05) is 30.4 Å². The van der Waals surface area contributed by atoms with Crippen LogP contribution in [0.3, 0.4) is 0 Å². The number of nitrogens with zero attached hydrogens (tertiary/aromatic N) is 4. The van der Waals surface area contributed by atoms with Crippen LogP contribution in [0.4, 0.5) is 0 Å². The number of hydrogen-bond donors (Lipinski definition) is 1. The first kappa shape index (κ1) is 12.7. The lowest BCUT2D eigenvalue weighted by Gasteiger charge is -2.04. The maximum absolute atomic E-state index is 12.2. The fourth-order valence-electron chi connectivity index (χ4n) is 2.04. The van der Waals surface area contributed by atoms with E-state index < -0.39 is 0 Å². The van der Waals surface area contributed by atoms with Crippen LogP contribution in [0.15, 0.2) is 24.5 Å². The second-order valence-corrected chi connectivity index (χ2v) is 5.40. The molecule has 0 bridgehead atoms. The number of fused-ring (bicyclic) bond motifs is 1. The van der Waals surface area contributed by atoms with Crippen LogP contribution in [0, 0.1) is 13.8 Å². The third kappa shape index (κ3) is 2.16. The molecule has 0 saturated carbocycles. The number of pyridine rings is 1. The van der Waals surface area contributed by atoms with Gasteiger partial charge in [0.25, 0.3) is 5.91 Å². The fourth-order valence-corrected chi connectivity index (χ4v) is 3.06. The first-order valence-electron chi connectivity index (χ1n) is 6.15. The van der Waals surface area contributed by atoms with E-state index in [1.54, 1.807) is 12.4 Å². The molecule has 0 aliphatic heterocycles. The normalized spacial score (nSPS) is 10.9. The van der Waals surface area contributed by atoms with E-state index >= 15 is 0 Å². The summed E-state index contributed by atoms with van der Waals surface area (Å²) in [7, 11) is 0. The molecule has 0 spiro atoms. The van der Waals surface area contributed by atoms with Gasteiger partial charge in [-0.2, -0.15) is 0 Å². The van der Waals surface area contributed by atoms with Crippen molar-refractivity contribution in [2.24, 2.45) is 0 Å². The van der Waals surface area contributed by atoms with Gasteiger partial charge >= 0.3 is 0 Å². The number of nitrogens with one attached hydrogen (secondary N) is 1. The van der Waals surface area contributed by atoms with Crippen LogP contribution < -0.4 is 5.32 Å². The number of aryl methyl sites for hydroxylation is 2. The molecule has 20 heavy (non-hydrogen) atoms. The van der Waals surface area contributed by atoms with Gasteiger partial charge in [-0.3, -0.25) is 14.2 Å². The van der Waals surface area contributed by atoms with Crippen molar-refractivity contribution in [3.8, 4) is 0 Å². The predicted octanol–water partition coefficient (Wildman–Crippen LogP) is 1.73. The summed E-state index contributed by atoms with van der Waals surface area (Å²) < 4.78 is 1.89. The van der Waals surface area contributed by atoms with Gasteiger partial charge in [0.15, 0.2) is 0 Å². The van der Waals surface area contributed by atoms with Crippen LogP contribution >= 0.6 is 11.3 Å². The molecule has 3 aromatic rings. The second-order valence-electron chi connectivity index (χ2n) is 4.42. The Labute approximate surface area is 119 Å². The van der Waals surface area contributed by atoms with Gasteiger partial charge < -0.3 is 5.32 Å². The minimum absolute atomic E-state index is 0.0887. The summed E-state index contributed by atoms with van der Waals surface area (Å²) in [4.78, 5) is 17.6. The van der Waals surface area contributed by atoms with E-state index in [1.165, 1.54) is 11.3 Å². The van der Waals surface area contributed by atoms with Gasteiger partial charge in [-0.15, -0.1) is 10.2 Å². The summed E-state index contributed by atoms with van der Waals surface area (Å²) in [5.74, 6) is 0.705. The van der Waals surface area contributed by atoms with Crippen LogP contribution in [0.1, 0.15) is 26.8 Å². The van der Waals surface area contributed by atoms with Gasteiger partial charge in [0.1, 0.15) is 10.7 Å². The lowest BCUT2D eigenvalue weighted by Crippen LogP contribution is -2.22. The molecular weight excluding hydrogens is 274 g/mol. The molecule has 0 unspecified atom stereocenters. The Balaban J connectivity index is 1.80. The molecule has 6 nitrogen and oxygen atoms in total. The molecule has 3 rings (SSSR count). The van der Waals surface area contributed by atoms with E-state index in [4.69, 9.17) is 0 Å². The topological polar surface area (TPSA) is 72.2 Å². The maximum Gasteiger partial charge on any atom is 0.263 e. The highest BCUT2D eigenvalue weighted by molar-refractivity contribution is 7.19. The Kier molecular flexibility index (Phi) is 3.19. The zero-order valence-electron chi connectivity index (χ0n) is 11.1. The number of rotatable bonds is 3. The van der Waals surface area contributed by atoms with Crippen molar-refractivity contribution in [3.05, 3.63) is 46.5 Å². The quantitative estimate of drug-likeness (QED) is 0.796. The number of aromatic nitrogens is 4. The van der Waals surface area contributed by atoms with Gasteiger partial charge in [0.2, 0.25) is 4.96 Å². The van der Waals surface area contributed by atoms with Crippen molar-refractivity contribution in [2.45, 2.75) is 20.4 Å². The summed E-state index contributed by atoms with van der Waals surface area (Å²) in [6.45, 7) is 4.26. The molecule has 1 N–H and O–H groups in total. The van der Waals surface area contributed by atoms with E-state index in [9.17, 15) is 4.79 Å². The Hall–Kier alpha value is -2.28. The van der Waals surface area contributed by atoms with E-state index in [2.05, 4.69) is 20.5 Å². The molecule has 0 aliphatic rings. The number of carbonyl (C=O) groups is 1. The number of amides is 1. The maximum atomic E-state index is 12.2. The Morgan fingerprint density at radius 1 is 1.30 bits per heavy atom. The van der Waals surface area contributed by atoms with Crippen LogP contribution in [0.25, 0.3) is 4.96 Å². The molecule has 0 aliphatic carbocycles. The summed E-state index contributed by atoms with van der Waals surface area (Å²) in [5, 5.41) is 10.9. The molecule has 3 heterocycles. The summed E-state index contributed by atoms with van der Waals surface area (Å²) in [5.41, 5.74) is 1.89. The summed E-state index contributed by atoms with van der Waals surface area (Å²) in [6.07, 6.45) is 3.42. The lowest BCUT2D eigenvalue weighted by molar-refractivity contribution is 0.0954. The second kappa shape index (κ2) is 5.01. The standard InChI is InChI=1S/C13H13N5OS/c1-8-11(20-13-17-16-9(2)18(8)13)12(19)15-7-10-3-5-14-6-4-10/h3-6H,7H2,1-2H3,(H,15,19). The third-order valence-electron chi connectivity index (χ3n) is 3.06. The summed E-state index contributed by atoms with van der Waals surface area (Å²) >= 11 is 1.35. The molecule has 0 atom stereocenters. The van der Waals surface area contributed by atoms with Crippen molar-refractivity contribution in [1.29, 1.82) is 0 Å². The SMILES string of the molecule is Cc1nnc2sc(C(=O)NCc3ccncc3)c(C)n12. The minimum atomic E-state index is -0.0887. The Morgan fingerprint density at radius 2 is 2.05 bits per heavy atom. The number of thiazole rings is 1.